The van der Waals surface area contributed by atoms with Crippen molar-refractivity contribution in [3.05, 3.63) is 53.9 Å². The zero-order valence-corrected chi connectivity index (χ0v) is 12.5. The van der Waals surface area contributed by atoms with Crippen LogP contribution in [0.15, 0.2) is 42.5 Å². The van der Waals surface area contributed by atoms with Crippen LogP contribution < -0.4 is 10.2 Å². The van der Waals surface area contributed by atoms with Crippen LogP contribution in [-0.4, -0.2) is 33.8 Å². The van der Waals surface area contributed by atoms with Crippen molar-refractivity contribution < 1.29 is 14.8 Å². The van der Waals surface area contributed by atoms with E-state index in [1.165, 1.54) is 0 Å². The first-order chi connectivity index (χ1) is 10.6. The van der Waals surface area contributed by atoms with Crippen LogP contribution in [0.1, 0.15) is 11.4 Å². The average molecular weight is 296 g/mol. The van der Waals surface area contributed by atoms with Gasteiger partial charge in [-0.2, -0.15) is 0 Å². The first-order valence-electron chi connectivity index (χ1n) is 7.05. The van der Waals surface area contributed by atoms with Crippen molar-refractivity contribution >= 4 is 23.6 Å². The lowest BCUT2D eigenvalue weighted by atomic mass is 9.80. The van der Waals surface area contributed by atoms with E-state index in [1.807, 2.05) is 37.3 Å². The van der Waals surface area contributed by atoms with Crippen LogP contribution in [-0.2, 0) is 6.54 Å². The second-order valence-corrected chi connectivity index (χ2v) is 5.19. The van der Waals surface area contributed by atoms with Gasteiger partial charge in [-0.1, -0.05) is 30.3 Å². The fourth-order valence-electron chi connectivity index (χ4n) is 2.58. The summed E-state index contributed by atoms with van der Waals surface area (Å²) in [5, 5.41) is 18.3. The Morgan fingerprint density at radius 1 is 1.14 bits per heavy atom. The molecule has 0 saturated heterocycles. The highest BCUT2D eigenvalue weighted by atomic mass is 16.5. The molecule has 2 N–H and O–H groups in total. The van der Waals surface area contributed by atoms with E-state index < -0.39 is 7.12 Å². The van der Waals surface area contributed by atoms with E-state index in [1.54, 1.807) is 19.2 Å². The Kier molecular flexibility index (Phi) is 3.87. The summed E-state index contributed by atoms with van der Waals surface area (Å²) in [6, 6.07) is 13.1. The number of fused-ring (bicyclic) bond motifs is 1. The van der Waals surface area contributed by atoms with Crippen LogP contribution in [0.3, 0.4) is 0 Å². The second-order valence-electron chi connectivity index (χ2n) is 5.19. The van der Waals surface area contributed by atoms with E-state index in [0.717, 1.165) is 28.2 Å². The molecule has 3 rings (SSSR count). The Hall–Kier alpha value is -2.31. The van der Waals surface area contributed by atoms with Gasteiger partial charge < -0.3 is 19.4 Å². The number of rotatable bonds is 4. The molecule has 1 heterocycles. The number of para-hydroxylation sites is 1. The standard InChI is InChI=1S/C16H17BN2O3/c1-11-18-16-14(4-3-5-15(16)22-2)19(11)10-12-6-8-13(9-7-12)17(20)21/h3-9,20-21H,10H2,1-2H3. The lowest BCUT2D eigenvalue weighted by molar-refractivity contribution is 0.419. The zero-order valence-electron chi connectivity index (χ0n) is 12.5. The van der Waals surface area contributed by atoms with E-state index in [2.05, 4.69) is 9.55 Å². The summed E-state index contributed by atoms with van der Waals surface area (Å²) in [6.45, 7) is 2.63. The van der Waals surface area contributed by atoms with E-state index >= 15 is 0 Å². The highest BCUT2D eigenvalue weighted by molar-refractivity contribution is 6.58. The lowest BCUT2D eigenvalue weighted by Gasteiger charge is -2.08. The average Bonchev–Trinajstić information content (AvgIpc) is 2.84. The molecule has 0 radical (unpaired) electrons. The van der Waals surface area contributed by atoms with Crippen molar-refractivity contribution in [2.24, 2.45) is 0 Å². The van der Waals surface area contributed by atoms with Gasteiger partial charge in [-0.15, -0.1) is 0 Å². The normalized spacial score (nSPS) is 10.9. The number of methoxy groups -OCH3 is 1. The summed E-state index contributed by atoms with van der Waals surface area (Å²) in [5.41, 5.74) is 3.42. The molecule has 22 heavy (non-hydrogen) atoms. The van der Waals surface area contributed by atoms with Crippen LogP contribution in [0.25, 0.3) is 11.0 Å². The molecule has 2 aromatic carbocycles. The van der Waals surface area contributed by atoms with Gasteiger partial charge in [0.05, 0.1) is 12.6 Å². The maximum Gasteiger partial charge on any atom is 0.488 e. The summed E-state index contributed by atoms with van der Waals surface area (Å²) >= 11 is 0. The van der Waals surface area contributed by atoms with Crippen molar-refractivity contribution in [1.82, 2.24) is 9.55 Å². The Labute approximate surface area is 128 Å². The van der Waals surface area contributed by atoms with Crippen molar-refractivity contribution in [2.75, 3.05) is 7.11 Å². The minimum Gasteiger partial charge on any atom is -0.494 e. The van der Waals surface area contributed by atoms with Crippen LogP contribution in [0.2, 0.25) is 0 Å². The summed E-state index contributed by atoms with van der Waals surface area (Å²) < 4.78 is 7.47. The van der Waals surface area contributed by atoms with Crippen LogP contribution in [0.4, 0.5) is 0 Å². The first-order valence-corrected chi connectivity index (χ1v) is 7.05. The van der Waals surface area contributed by atoms with Crippen molar-refractivity contribution in [3.63, 3.8) is 0 Å². The molecule has 0 aliphatic heterocycles. The number of nitrogens with zero attached hydrogens (tertiary/aromatic N) is 2. The van der Waals surface area contributed by atoms with Gasteiger partial charge in [0.25, 0.3) is 0 Å². The van der Waals surface area contributed by atoms with E-state index in [4.69, 9.17) is 14.8 Å². The fourth-order valence-corrected chi connectivity index (χ4v) is 2.58. The second kappa shape index (κ2) is 5.83. The molecule has 3 aromatic rings. The number of hydrogen-bond donors (Lipinski definition) is 2. The maximum atomic E-state index is 9.14. The molecule has 112 valence electrons. The number of hydrogen-bond acceptors (Lipinski definition) is 4. The van der Waals surface area contributed by atoms with Gasteiger partial charge in [0.1, 0.15) is 17.1 Å². The monoisotopic (exact) mass is 296 g/mol. The molecule has 6 heteroatoms. The fraction of sp³-hybridized carbons (Fsp3) is 0.188. The number of benzene rings is 2. The molecule has 5 nitrogen and oxygen atoms in total. The Morgan fingerprint density at radius 3 is 2.50 bits per heavy atom. The zero-order chi connectivity index (χ0) is 15.7. The predicted octanol–water partition coefficient (Wildman–Crippen LogP) is 1.08. The van der Waals surface area contributed by atoms with Crippen molar-refractivity contribution in [3.8, 4) is 5.75 Å². The molecule has 1 aromatic heterocycles. The third-order valence-corrected chi connectivity index (χ3v) is 3.77. The summed E-state index contributed by atoms with van der Waals surface area (Å²) in [6.07, 6.45) is 0. The Bertz CT molecular complexity index is 797. The highest BCUT2D eigenvalue weighted by Gasteiger charge is 2.13. The molecular formula is C16H17BN2O3. The van der Waals surface area contributed by atoms with Crippen LogP contribution >= 0.6 is 0 Å². The molecule has 0 amide bonds. The van der Waals surface area contributed by atoms with Gasteiger partial charge in [0.15, 0.2) is 0 Å². The highest BCUT2D eigenvalue weighted by Crippen LogP contribution is 2.26. The maximum absolute atomic E-state index is 9.14. The van der Waals surface area contributed by atoms with Crippen molar-refractivity contribution in [1.29, 1.82) is 0 Å². The molecule has 0 spiro atoms. The molecule has 0 fully saturated rings. The van der Waals surface area contributed by atoms with Gasteiger partial charge in [-0.25, -0.2) is 4.98 Å². The number of aromatic nitrogens is 2. The molecule has 0 bridgehead atoms. The van der Waals surface area contributed by atoms with Gasteiger partial charge >= 0.3 is 7.12 Å². The summed E-state index contributed by atoms with van der Waals surface area (Å²) in [7, 11) is 0.205. The van der Waals surface area contributed by atoms with Gasteiger partial charge in [-0.3, -0.25) is 0 Å². The van der Waals surface area contributed by atoms with Crippen LogP contribution in [0, 0.1) is 6.92 Å². The smallest absolute Gasteiger partial charge is 0.488 e. The first kappa shape index (κ1) is 14.6. The van der Waals surface area contributed by atoms with Gasteiger partial charge in [-0.05, 0) is 30.1 Å². The third-order valence-electron chi connectivity index (χ3n) is 3.77. The number of ether oxygens (including phenoxy) is 1. The van der Waals surface area contributed by atoms with E-state index in [0.29, 0.717) is 12.0 Å². The topological polar surface area (TPSA) is 67.5 Å². The van der Waals surface area contributed by atoms with Crippen LogP contribution in [0.5, 0.6) is 5.75 Å². The molecule has 0 saturated carbocycles. The molecule has 0 unspecified atom stereocenters. The quantitative estimate of drug-likeness (QED) is 0.707. The third kappa shape index (κ3) is 2.58. The largest absolute Gasteiger partial charge is 0.494 e. The molecule has 0 aliphatic carbocycles. The minimum atomic E-state index is -1.44. The summed E-state index contributed by atoms with van der Waals surface area (Å²) in [5.74, 6) is 1.67. The number of aryl methyl sites for hydroxylation is 1. The number of imidazole rings is 1. The molecular weight excluding hydrogens is 279 g/mol. The van der Waals surface area contributed by atoms with Crippen molar-refractivity contribution in [2.45, 2.75) is 13.5 Å². The SMILES string of the molecule is COc1cccc2c1nc(C)n2Cc1ccc(B(O)O)cc1. The Balaban J connectivity index is 1.98. The predicted molar refractivity (Wildman–Crippen MR) is 86.4 cm³/mol. The van der Waals surface area contributed by atoms with E-state index in [-0.39, 0.29) is 0 Å². The van der Waals surface area contributed by atoms with E-state index in [9.17, 15) is 0 Å². The lowest BCUT2D eigenvalue weighted by Crippen LogP contribution is -2.29. The van der Waals surface area contributed by atoms with Gasteiger partial charge in [0, 0.05) is 6.54 Å². The van der Waals surface area contributed by atoms with Gasteiger partial charge in [0.2, 0.25) is 0 Å². The molecule has 0 atom stereocenters. The Morgan fingerprint density at radius 2 is 1.86 bits per heavy atom. The summed E-state index contributed by atoms with van der Waals surface area (Å²) in [4.78, 5) is 4.58. The molecule has 0 aliphatic rings. The minimum absolute atomic E-state index is 0.484.